The molecule has 0 fully saturated rings. The molecule has 0 aliphatic heterocycles. The summed E-state index contributed by atoms with van der Waals surface area (Å²) in [6.45, 7) is 0.311. The second-order valence-corrected chi connectivity index (χ2v) is 4.52. The van der Waals surface area contributed by atoms with Gasteiger partial charge in [-0.2, -0.15) is 13.2 Å². The molecule has 0 amide bonds. The van der Waals surface area contributed by atoms with E-state index in [4.69, 9.17) is 0 Å². The predicted octanol–water partition coefficient (Wildman–Crippen LogP) is 2.94. The average molecular weight is 280 g/mol. The number of halogens is 3. The first-order valence-electron chi connectivity index (χ1n) is 5.04. The quantitative estimate of drug-likeness (QED) is 0.494. The molecule has 0 atom stereocenters. The van der Waals surface area contributed by atoms with Crippen LogP contribution in [-0.2, 0) is 6.54 Å². The van der Waals surface area contributed by atoms with E-state index in [1.165, 1.54) is 6.07 Å². The fraction of sp³-hybridized carbons (Fsp3) is 0.400. The third kappa shape index (κ3) is 5.37. The Morgan fingerprint density at radius 2 is 2.00 bits per heavy atom. The minimum atomic E-state index is -4.24. The number of hydrogen-bond donors (Lipinski definition) is 1. The Kier molecular flexibility index (Phi) is 5.42. The van der Waals surface area contributed by atoms with Gasteiger partial charge in [0.15, 0.2) is 0 Å². The highest BCUT2D eigenvalue weighted by Gasteiger charge is 2.27. The lowest BCUT2D eigenvalue weighted by Crippen LogP contribution is -2.19. The Morgan fingerprint density at radius 3 is 2.61 bits per heavy atom. The van der Waals surface area contributed by atoms with Gasteiger partial charge in [-0.05, 0) is 11.8 Å². The first kappa shape index (κ1) is 14.8. The molecule has 1 rings (SSSR count). The molecule has 1 N–H and O–H groups in total. The summed E-state index contributed by atoms with van der Waals surface area (Å²) in [5.74, 6) is -0.121. The summed E-state index contributed by atoms with van der Waals surface area (Å²) in [5.41, 5.74) is -3.81. The predicted molar refractivity (Wildman–Crippen MR) is 63.3 cm³/mol. The van der Waals surface area contributed by atoms with Crippen LogP contribution in [0.2, 0.25) is 0 Å². The zero-order valence-electron chi connectivity index (χ0n) is 9.24. The van der Waals surface area contributed by atoms with Crippen molar-refractivity contribution in [1.29, 1.82) is 0 Å². The third-order valence-electron chi connectivity index (χ3n) is 2.05. The molecule has 0 heterocycles. The van der Waals surface area contributed by atoms with E-state index >= 15 is 0 Å². The fourth-order valence-electron chi connectivity index (χ4n) is 1.30. The molecular weight excluding hydrogens is 269 g/mol. The summed E-state index contributed by atoms with van der Waals surface area (Å²) in [7, 11) is 0. The van der Waals surface area contributed by atoms with Crippen molar-refractivity contribution in [1.82, 2.24) is 5.32 Å². The van der Waals surface area contributed by atoms with E-state index in [9.17, 15) is 23.3 Å². The van der Waals surface area contributed by atoms with Gasteiger partial charge in [0.1, 0.15) is 0 Å². The Morgan fingerprint density at radius 1 is 1.33 bits per heavy atom. The SMILES string of the molecule is O=[N+]([O-])c1ccccc1CNCCSC(F)(F)F. The van der Waals surface area contributed by atoms with Crippen LogP contribution in [0.15, 0.2) is 24.3 Å². The van der Waals surface area contributed by atoms with Gasteiger partial charge in [-0.15, -0.1) is 0 Å². The van der Waals surface area contributed by atoms with Gasteiger partial charge in [0.05, 0.1) is 4.92 Å². The topological polar surface area (TPSA) is 55.2 Å². The Labute approximate surface area is 106 Å². The van der Waals surface area contributed by atoms with Crippen LogP contribution in [0.5, 0.6) is 0 Å². The lowest BCUT2D eigenvalue weighted by atomic mass is 10.2. The standard InChI is InChI=1S/C10H11F3N2O2S/c11-10(12,13)18-6-5-14-7-8-3-1-2-4-9(8)15(16)17/h1-4,14H,5-7H2. The van der Waals surface area contributed by atoms with Crippen LogP contribution < -0.4 is 5.32 Å². The van der Waals surface area contributed by atoms with Crippen LogP contribution in [0.25, 0.3) is 0 Å². The summed E-state index contributed by atoms with van der Waals surface area (Å²) in [6.07, 6.45) is 0. The first-order chi connectivity index (χ1) is 8.40. The molecule has 0 spiro atoms. The maximum absolute atomic E-state index is 11.8. The van der Waals surface area contributed by atoms with Crippen molar-refractivity contribution in [3.8, 4) is 0 Å². The molecule has 0 aromatic heterocycles. The van der Waals surface area contributed by atoms with E-state index in [1.807, 2.05) is 0 Å². The largest absolute Gasteiger partial charge is 0.441 e. The van der Waals surface area contributed by atoms with E-state index in [1.54, 1.807) is 18.2 Å². The molecule has 0 saturated heterocycles. The minimum Gasteiger partial charge on any atom is -0.312 e. The number of nitro groups is 1. The highest BCUT2D eigenvalue weighted by atomic mass is 32.2. The summed E-state index contributed by atoms with van der Waals surface area (Å²) in [6, 6.07) is 6.12. The fourth-order valence-corrected chi connectivity index (χ4v) is 1.78. The second-order valence-electron chi connectivity index (χ2n) is 3.36. The molecule has 0 aliphatic rings. The van der Waals surface area contributed by atoms with Crippen LogP contribution in [0.1, 0.15) is 5.56 Å². The number of para-hydroxylation sites is 1. The van der Waals surface area contributed by atoms with Gasteiger partial charge >= 0.3 is 5.51 Å². The summed E-state index contributed by atoms with van der Waals surface area (Å²) in [5, 5.41) is 13.4. The highest BCUT2D eigenvalue weighted by Crippen LogP contribution is 2.29. The highest BCUT2D eigenvalue weighted by molar-refractivity contribution is 8.00. The maximum Gasteiger partial charge on any atom is 0.441 e. The van der Waals surface area contributed by atoms with E-state index in [0.717, 1.165) is 0 Å². The molecule has 0 radical (unpaired) electrons. The number of hydrogen-bond acceptors (Lipinski definition) is 4. The van der Waals surface area contributed by atoms with Gasteiger partial charge in [-0.3, -0.25) is 10.1 Å². The molecule has 100 valence electrons. The van der Waals surface area contributed by atoms with Crippen LogP contribution >= 0.6 is 11.8 Å². The van der Waals surface area contributed by atoms with Crippen molar-refractivity contribution in [3.05, 3.63) is 39.9 Å². The number of nitrogens with one attached hydrogen (secondary N) is 1. The van der Waals surface area contributed by atoms with Crippen molar-refractivity contribution >= 4 is 17.4 Å². The molecule has 1 aromatic rings. The zero-order chi connectivity index (χ0) is 13.6. The van der Waals surface area contributed by atoms with Gasteiger partial charge in [-0.1, -0.05) is 18.2 Å². The van der Waals surface area contributed by atoms with Crippen molar-refractivity contribution in [2.75, 3.05) is 12.3 Å². The maximum atomic E-state index is 11.8. The van der Waals surface area contributed by atoms with Gasteiger partial charge < -0.3 is 5.32 Å². The Bertz CT molecular complexity index is 412. The van der Waals surface area contributed by atoms with E-state index in [2.05, 4.69) is 5.32 Å². The number of benzene rings is 1. The lowest BCUT2D eigenvalue weighted by molar-refractivity contribution is -0.385. The third-order valence-corrected chi connectivity index (χ3v) is 2.78. The summed E-state index contributed by atoms with van der Waals surface area (Å²) >= 11 is -0.117. The van der Waals surface area contributed by atoms with Crippen LogP contribution in [0.4, 0.5) is 18.9 Å². The molecule has 0 bridgehead atoms. The van der Waals surface area contributed by atoms with Crippen molar-refractivity contribution in [2.24, 2.45) is 0 Å². The lowest BCUT2D eigenvalue weighted by Gasteiger charge is -2.07. The zero-order valence-corrected chi connectivity index (χ0v) is 10.1. The normalized spacial score (nSPS) is 11.5. The number of nitro benzene ring substituents is 1. The number of thioether (sulfide) groups is 1. The minimum absolute atomic E-state index is 0.0338. The summed E-state index contributed by atoms with van der Waals surface area (Å²) in [4.78, 5) is 10.2. The van der Waals surface area contributed by atoms with Crippen LogP contribution in [0.3, 0.4) is 0 Å². The number of rotatable bonds is 6. The van der Waals surface area contributed by atoms with Crippen molar-refractivity contribution in [3.63, 3.8) is 0 Å². The number of nitrogens with zero attached hydrogens (tertiary/aromatic N) is 1. The van der Waals surface area contributed by atoms with Gasteiger partial charge in [-0.25, -0.2) is 0 Å². The van der Waals surface area contributed by atoms with Gasteiger partial charge in [0, 0.05) is 30.5 Å². The van der Waals surface area contributed by atoms with Gasteiger partial charge in [0.2, 0.25) is 0 Å². The number of alkyl halides is 3. The van der Waals surface area contributed by atoms with Crippen molar-refractivity contribution < 1.29 is 18.1 Å². The molecule has 1 aromatic carbocycles. The first-order valence-corrected chi connectivity index (χ1v) is 6.02. The summed E-state index contributed by atoms with van der Waals surface area (Å²) < 4.78 is 35.5. The average Bonchev–Trinajstić information content (AvgIpc) is 2.27. The molecule has 0 unspecified atom stereocenters. The molecule has 8 heteroatoms. The van der Waals surface area contributed by atoms with Crippen LogP contribution in [-0.4, -0.2) is 22.7 Å². The molecule has 4 nitrogen and oxygen atoms in total. The molecular formula is C10H11F3N2O2S. The van der Waals surface area contributed by atoms with E-state index in [-0.39, 0.29) is 36.3 Å². The molecule has 0 saturated carbocycles. The van der Waals surface area contributed by atoms with Crippen LogP contribution in [0, 0.1) is 10.1 Å². The second kappa shape index (κ2) is 6.60. The Hall–Kier alpha value is -1.28. The van der Waals surface area contributed by atoms with Gasteiger partial charge in [0.25, 0.3) is 5.69 Å². The smallest absolute Gasteiger partial charge is 0.312 e. The Balaban J connectivity index is 2.38. The monoisotopic (exact) mass is 280 g/mol. The van der Waals surface area contributed by atoms with Crippen molar-refractivity contribution in [2.45, 2.75) is 12.1 Å². The van der Waals surface area contributed by atoms with E-state index < -0.39 is 10.4 Å². The molecule has 0 aliphatic carbocycles. The molecule has 18 heavy (non-hydrogen) atoms. The van der Waals surface area contributed by atoms with E-state index in [0.29, 0.717) is 5.56 Å².